The van der Waals surface area contributed by atoms with Gasteiger partial charge in [-0.05, 0) is 67.8 Å². The fourth-order valence-electron chi connectivity index (χ4n) is 4.93. The smallest absolute Gasteiger partial charge is 0.258 e. The summed E-state index contributed by atoms with van der Waals surface area (Å²) >= 11 is 0. The number of primary amides is 1. The lowest BCUT2D eigenvalue weighted by Gasteiger charge is -2.36. The first-order valence-corrected chi connectivity index (χ1v) is 11.7. The minimum absolute atomic E-state index is 0. The second-order valence-corrected chi connectivity index (χ2v) is 8.98. The van der Waals surface area contributed by atoms with E-state index in [1.165, 1.54) is 16.6 Å². The Kier molecular flexibility index (Phi) is 7.30. The monoisotopic (exact) mass is 479 g/mol. The number of unbranched alkanes of at least 4 members (excludes halogenated alkanes) is 1. The first-order chi connectivity index (χ1) is 16.1. The van der Waals surface area contributed by atoms with Crippen LogP contribution in [0.15, 0.2) is 42.6 Å². The lowest BCUT2D eigenvalue weighted by Crippen LogP contribution is -2.46. The van der Waals surface area contributed by atoms with Crippen molar-refractivity contribution in [2.24, 2.45) is 5.73 Å². The van der Waals surface area contributed by atoms with Crippen LogP contribution in [0.25, 0.3) is 10.9 Å². The zero-order valence-corrected chi connectivity index (χ0v) is 19.9. The average molecular weight is 480 g/mol. The fraction of sp³-hybridized carbons (Fsp3) is 0.385. The van der Waals surface area contributed by atoms with E-state index in [-0.39, 0.29) is 12.4 Å². The Morgan fingerprint density at radius 2 is 1.97 bits per heavy atom. The van der Waals surface area contributed by atoms with E-state index in [0.717, 1.165) is 68.8 Å². The van der Waals surface area contributed by atoms with E-state index < -0.39 is 12.0 Å². The van der Waals surface area contributed by atoms with Crippen molar-refractivity contribution in [2.75, 3.05) is 37.6 Å². The Labute approximate surface area is 205 Å². The summed E-state index contributed by atoms with van der Waals surface area (Å²) in [5, 5.41) is 10.3. The summed E-state index contributed by atoms with van der Waals surface area (Å²) in [7, 11) is 0. The highest BCUT2D eigenvalue weighted by Crippen LogP contribution is 2.32. The topological polar surface area (TPSA) is 98.4 Å². The maximum absolute atomic E-state index is 11.4. The van der Waals surface area contributed by atoms with Crippen LogP contribution in [0.2, 0.25) is 0 Å². The van der Waals surface area contributed by atoms with Crippen molar-refractivity contribution in [3.63, 3.8) is 0 Å². The van der Waals surface area contributed by atoms with Crippen LogP contribution < -0.4 is 15.4 Å². The fourth-order valence-corrected chi connectivity index (χ4v) is 4.93. The number of ether oxygens (including phenoxy) is 1. The standard InChI is InChI=1S/C26H29N5O2.ClH/c27-16-18-4-6-23-22(13-18)19(17-29-23)3-1-2-8-30-9-11-31(12-10-30)21-5-7-24-20(14-21)15-25(33-24)26(28)32;/h4-7,13-14,17,25,29H,1-3,8-12,15H2,(H2,28,32);1H. The van der Waals surface area contributed by atoms with Crippen molar-refractivity contribution in [3.05, 3.63) is 59.3 Å². The number of nitrogens with zero attached hydrogens (tertiary/aromatic N) is 3. The predicted octanol–water partition coefficient (Wildman–Crippen LogP) is 3.40. The molecule has 3 heterocycles. The van der Waals surface area contributed by atoms with Crippen LogP contribution in [0.1, 0.15) is 29.5 Å². The molecule has 1 saturated heterocycles. The number of anilines is 1. The van der Waals surface area contributed by atoms with Gasteiger partial charge >= 0.3 is 0 Å². The van der Waals surface area contributed by atoms with E-state index in [4.69, 9.17) is 15.7 Å². The van der Waals surface area contributed by atoms with Crippen molar-refractivity contribution < 1.29 is 9.53 Å². The molecule has 0 aliphatic carbocycles. The lowest BCUT2D eigenvalue weighted by atomic mass is 10.0. The summed E-state index contributed by atoms with van der Waals surface area (Å²) in [6.07, 6.45) is 5.43. The van der Waals surface area contributed by atoms with Crippen LogP contribution >= 0.6 is 12.4 Å². The molecule has 3 aromatic rings. The summed E-state index contributed by atoms with van der Waals surface area (Å²) in [6.45, 7) is 5.21. The Morgan fingerprint density at radius 3 is 2.74 bits per heavy atom. The van der Waals surface area contributed by atoms with E-state index in [1.54, 1.807) is 0 Å². The molecule has 0 bridgehead atoms. The molecule has 5 rings (SSSR count). The van der Waals surface area contributed by atoms with Gasteiger partial charge in [0.15, 0.2) is 6.10 Å². The number of hydrogen-bond acceptors (Lipinski definition) is 5. The van der Waals surface area contributed by atoms with E-state index >= 15 is 0 Å². The van der Waals surface area contributed by atoms with Gasteiger partial charge < -0.3 is 20.4 Å². The first kappa shape index (κ1) is 23.9. The van der Waals surface area contributed by atoms with Gasteiger partial charge in [-0.3, -0.25) is 9.69 Å². The number of amides is 1. The SMILES string of the molecule is Cl.N#Cc1ccc2[nH]cc(CCCCN3CCN(c4ccc5c(c4)CC(C(N)=O)O5)CC3)c2c1. The molecular formula is C26H30ClN5O2. The number of rotatable bonds is 7. The van der Waals surface area contributed by atoms with E-state index in [0.29, 0.717) is 12.0 Å². The molecule has 1 fully saturated rings. The molecule has 8 heteroatoms. The number of H-pyrrole nitrogens is 1. The van der Waals surface area contributed by atoms with Crippen molar-refractivity contribution >= 4 is 34.9 Å². The van der Waals surface area contributed by atoms with E-state index in [2.05, 4.69) is 39.2 Å². The van der Waals surface area contributed by atoms with Gasteiger partial charge in [-0.25, -0.2) is 0 Å². The number of nitrogens with one attached hydrogen (secondary N) is 1. The molecule has 2 aliphatic rings. The molecule has 1 atom stereocenters. The molecule has 0 spiro atoms. The molecule has 2 aromatic carbocycles. The molecular weight excluding hydrogens is 450 g/mol. The molecule has 2 aliphatic heterocycles. The van der Waals surface area contributed by atoms with Gasteiger partial charge in [-0.2, -0.15) is 5.26 Å². The zero-order valence-electron chi connectivity index (χ0n) is 19.1. The van der Waals surface area contributed by atoms with Crippen molar-refractivity contribution in [2.45, 2.75) is 31.8 Å². The third kappa shape index (κ3) is 4.98. The summed E-state index contributed by atoms with van der Waals surface area (Å²) in [6, 6.07) is 14.2. The van der Waals surface area contributed by atoms with Crippen molar-refractivity contribution in [3.8, 4) is 11.8 Å². The van der Waals surface area contributed by atoms with Crippen LogP contribution in [-0.2, 0) is 17.6 Å². The van der Waals surface area contributed by atoms with Gasteiger partial charge in [0.2, 0.25) is 0 Å². The minimum Gasteiger partial charge on any atom is -0.480 e. The highest BCUT2D eigenvalue weighted by atomic mass is 35.5. The average Bonchev–Trinajstić information content (AvgIpc) is 3.45. The van der Waals surface area contributed by atoms with Crippen LogP contribution in [0.3, 0.4) is 0 Å². The second kappa shape index (κ2) is 10.4. The summed E-state index contributed by atoms with van der Waals surface area (Å²) in [5.74, 6) is 0.373. The number of aromatic nitrogens is 1. The largest absolute Gasteiger partial charge is 0.480 e. The maximum Gasteiger partial charge on any atom is 0.258 e. The number of aryl methyl sites for hydroxylation is 1. The molecule has 0 radical (unpaired) electrons. The Balaban J connectivity index is 0.00000274. The van der Waals surface area contributed by atoms with Gasteiger partial charge in [0.1, 0.15) is 5.75 Å². The molecule has 1 aromatic heterocycles. The number of nitriles is 1. The Hall–Kier alpha value is -3.21. The van der Waals surface area contributed by atoms with Gasteiger partial charge in [0.25, 0.3) is 5.91 Å². The molecule has 1 amide bonds. The van der Waals surface area contributed by atoms with Crippen molar-refractivity contribution in [1.82, 2.24) is 9.88 Å². The molecule has 34 heavy (non-hydrogen) atoms. The van der Waals surface area contributed by atoms with Crippen LogP contribution in [0.4, 0.5) is 5.69 Å². The van der Waals surface area contributed by atoms with E-state index in [9.17, 15) is 4.79 Å². The normalized spacial score (nSPS) is 17.6. The van der Waals surface area contributed by atoms with Gasteiger partial charge in [0, 0.05) is 61.0 Å². The van der Waals surface area contributed by atoms with E-state index in [1.807, 2.05) is 24.3 Å². The maximum atomic E-state index is 11.4. The molecule has 1 unspecified atom stereocenters. The number of halogens is 1. The van der Waals surface area contributed by atoms with Gasteiger partial charge in [-0.15, -0.1) is 12.4 Å². The highest BCUT2D eigenvalue weighted by Gasteiger charge is 2.28. The van der Waals surface area contributed by atoms with Gasteiger partial charge in [-0.1, -0.05) is 0 Å². The Bertz CT molecular complexity index is 1210. The summed E-state index contributed by atoms with van der Waals surface area (Å²) in [4.78, 5) is 19.7. The quantitative estimate of drug-likeness (QED) is 0.506. The predicted molar refractivity (Wildman–Crippen MR) is 136 cm³/mol. The Morgan fingerprint density at radius 1 is 1.15 bits per heavy atom. The summed E-state index contributed by atoms with van der Waals surface area (Å²) in [5.41, 5.74) is 10.8. The number of nitrogens with two attached hydrogens (primary N) is 1. The van der Waals surface area contributed by atoms with Crippen LogP contribution in [-0.4, -0.2) is 54.6 Å². The number of carbonyl (C=O) groups excluding carboxylic acids is 1. The third-order valence-corrected chi connectivity index (χ3v) is 6.84. The minimum atomic E-state index is -0.537. The highest BCUT2D eigenvalue weighted by molar-refractivity contribution is 5.85. The number of hydrogen-bond donors (Lipinski definition) is 2. The summed E-state index contributed by atoms with van der Waals surface area (Å²) < 4.78 is 5.63. The zero-order chi connectivity index (χ0) is 22.8. The number of carbonyl (C=O) groups is 1. The molecule has 0 saturated carbocycles. The number of piperazine rings is 1. The number of aromatic amines is 1. The number of benzene rings is 2. The first-order valence-electron chi connectivity index (χ1n) is 11.7. The van der Waals surface area contributed by atoms with Crippen molar-refractivity contribution in [1.29, 1.82) is 5.26 Å². The molecule has 178 valence electrons. The second-order valence-electron chi connectivity index (χ2n) is 8.98. The van der Waals surface area contributed by atoms with Crippen LogP contribution in [0, 0.1) is 11.3 Å². The van der Waals surface area contributed by atoms with Crippen LogP contribution in [0.5, 0.6) is 5.75 Å². The molecule has 3 N–H and O–H groups in total. The number of fused-ring (bicyclic) bond motifs is 2. The third-order valence-electron chi connectivity index (χ3n) is 6.84. The lowest BCUT2D eigenvalue weighted by molar-refractivity contribution is -0.123. The van der Waals surface area contributed by atoms with Gasteiger partial charge in [0.05, 0.1) is 11.6 Å². The molecule has 7 nitrogen and oxygen atoms in total.